The van der Waals surface area contributed by atoms with E-state index in [2.05, 4.69) is 22.3 Å². The van der Waals surface area contributed by atoms with Crippen molar-refractivity contribution in [2.45, 2.75) is 13.0 Å². The van der Waals surface area contributed by atoms with Gasteiger partial charge in [0, 0.05) is 5.56 Å². The number of rotatable bonds is 8. The Morgan fingerprint density at radius 3 is 2.47 bits per heavy atom. The van der Waals surface area contributed by atoms with Crippen LogP contribution in [0, 0.1) is 0 Å². The average Bonchev–Trinajstić information content (AvgIpc) is 3.27. The van der Waals surface area contributed by atoms with Crippen LogP contribution in [0.25, 0.3) is 0 Å². The Morgan fingerprint density at radius 1 is 1.10 bits per heavy atom. The maximum atomic E-state index is 10.9. The molecular formula is C22H25N3O5. The second-order valence-corrected chi connectivity index (χ2v) is 6.28. The van der Waals surface area contributed by atoms with E-state index in [1.54, 1.807) is 30.5 Å². The second kappa shape index (κ2) is 11.3. The Hall–Kier alpha value is -3.78. The first kappa shape index (κ1) is 22.5. The summed E-state index contributed by atoms with van der Waals surface area (Å²) in [6.45, 7) is 4.65. The summed E-state index contributed by atoms with van der Waals surface area (Å²) in [5.74, 6) is 0.599. The zero-order chi connectivity index (χ0) is 21.9. The van der Waals surface area contributed by atoms with Crippen molar-refractivity contribution in [2.24, 2.45) is 4.99 Å². The minimum atomic E-state index is -0.0665. The van der Waals surface area contributed by atoms with Crippen LogP contribution in [0.2, 0.25) is 0 Å². The molecule has 0 unspecified atom stereocenters. The number of aromatic hydroxyl groups is 3. The number of aliphatic imine (C=N–C) groups is 1. The third-order valence-electron chi connectivity index (χ3n) is 4.20. The van der Waals surface area contributed by atoms with Gasteiger partial charge in [-0.2, -0.15) is 0 Å². The normalized spacial score (nSPS) is 10.0. The Labute approximate surface area is 174 Å². The van der Waals surface area contributed by atoms with Gasteiger partial charge < -0.3 is 30.4 Å². The summed E-state index contributed by atoms with van der Waals surface area (Å²) in [7, 11) is 1.88. The average molecular weight is 411 g/mol. The van der Waals surface area contributed by atoms with Crippen molar-refractivity contribution < 1.29 is 24.5 Å². The summed E-state index contributed by atoms with van der Waals surface area (Å²) in [6.07, 6.45) is 3.08. The van der Waals surface area contributed by atoms with E-state index in [0.29, 0.717) is 35.5 Å². The van der Waals surface area contributed by atoms with Gasteiger partial charge in [0.05, 0.1) is 18.5 Å². The zero-order valence-electron chi connectivity index (χ0n) is 16.6. The topological polar surface area (TPSA) is 127 Å². The van der Waals surface area contributed by atoms with E-state index < -0.39 is 0 Å². The van der Waals surface area contributed by atoms with E-state index in [0.717, 1.165) is 18.5 Å². The lowest BCUT2D eigenvalue weighted by molar-refractivity contribution is 0.112. The minimum absolute atomic E-state index is 0.00885. The number of phenolic OH excluding ortho intramolecular Hbond substituents is 3. The van der Waals surface area contributed by atoms with Gasteiger partial charge in [-0.3, -0.25) is 9.79 Å². The first-order valence-electron chi connectivity index (χ1n) is 9.19. The van der Waals surface area contributed by atoms with E-state index in [1.165, 1.54) is 18.2 Å². The standard InChI is InChI=1S/C13H12N2O3.C9H13NO2/c1-14-12-9(8-16)4-5-11(17)13(12)15-7-10-3-2-6-18-10;1-10-5-4-7-2-3-8(11)9(12)6-7/h2-6,8,15,17H,1,7H2;2-3,6,10-12H,4-5H2,1H3. The molecule has 0 aliphatic rings. The number of nitrogens with one attached hydrogen (secondary N) is 2. The predicted octanol–water partition coefficient (Wildman–Crippen LogP) is 3.60. The van der Waals surface area contributed by atoms with E-state index in [4.69, 9.17) is 14.6 Å². The van der Waals surface area contributed by atoms with E-state index >= 15 is 0 Å². The van der Waals surface area contributed by atoms with Crippen LogP contribution in [0.5, 0.6) is 17.2 Å². The highest BCUT2D eigenvalue weighted by Crippen LogP contribution is 2.36. The summed E-state index contributed by atoms with van der Waals surface area (Å²) < 4.78 is 5.17. The summed E-state index contributed by atoms with van der Waals surface area (Å²) >= 11 is 0. The van der Waals surface area contributed by atoms with Crippen LogP contribution in [0.15, 0.2) is 58.1 Å². The molecule has 0 aliphatic carbocycles. The lowest BCUT2D eigenvalue weighted by Gasteiger charge is -2.11. The van der Waals surface area contributed by atoms with Crippen molar-refractivity contribution in [2.75, 3.05) is 18.9 Å². The van der Waals surface area contributed by atoms with E-state index in [9.17, 15) is 9.90 Å². The SMILES string of the molecule is C=Nc1c(C=O)ccc(O)c1NCc1ccco1.CNCCc1ccc(O)c(O)c1. The highest BCUT2D eigenvalue weighted by molar-refractivity contribution is 5.91. The smallest absolute Gasteiger partial charge is 0.157 e. The number of carbonyl (C=O) groups excluding carboxylic acids is 1. The van der Waals surface area contributed by atoms with Crippen molar-refractivity contribution in [1.29, 1.82) is 0 Å². The molecule has 3 rings (SSSR count). The molecule has 0 radical (unpaired) electrons. The molecule has 0 saturated carbocycles. The number of likely N-dealkylation sites (N-methyl/N-ethyl adjacent to an activating group) is 1. The summed E-state index contributed by atoms with van der Waals surface area (Å²) in [5, 5.41) is 33.9. The van der Waals surface area contributed by atoms with Crippen LogP contribution >= 0.6 is 0 Å². The number of furan rings is 1. The van der Waals surface area contributed by atoms with Gasteiger partial charge in [0.1, 0.15) is 17.2 Å². The fourth-order valence-electron chi connectivity index (χ4n) is 2.62. The first-order valence-corrected chi connectivity index (χ1v) is 9.19. The molecule has 0 amide bonds. The zero-order valence-corrected chi connectivity index (χ0v) is 16.6. The van der Waals surface area contributed by atoms with Crippen LogP contribution < -0.4 is 10.6 Å². The molecule has 1 aromatic heterocycles. The highest BCUT2D eigenvalue weighted by atomic mass is 16.3. The Balaban J connectivity index is 0.000000232. The maximum Gasteiger partial charge on any atom is 0.157 e. The quantitative estimate of drug-likeness (QED) is 0.218. The molecular weight excluding hydrogens is 386 g/mol. The molecule has 158 valence electrons. The molecule has 0 saturated heterocycles. The first-order chi connectivity index (χ1) is 14.5. The van der Waals surface area contributed by atoms with Gasteiger partial charge >= 0.3 is 0 Å². The van der Waals surface area contributed by atoms with Crippen LogP contribution in [0.1, 0.15) is 21.7 Å². The molecule has 0 bridgehead atoms. The van der Waals surface area contributed by atoms with Gasteiger partial charge in [-0.15, -0.1) is 0 Å². The molecule has 30 heavy (non-hydrogen) atoms. The largest absolute Gasteiger partial charge is 0.506 e. The molecule has 0 fully saturated rings. The molecule has 8 heteroatoms. The molecule has 0 aliphatic heterocycles. The third-order valence-corrected chi connectivity index (χ3v) is 4.20. The number of carbonyl (C=O) groups is 1. The van der Waals surface area contributed by atoms with Crippen LogP contribution in [0.3, 0.4) is 0 Å². The fraction of sp³-hybridized carbons (Fsp3) is 0.182. The number of hydrogen-bond donors (Lipinski definition) is 5. The fourth-order valence-corrected chi connectivity index (χ4v) is 2.62. The molecule has 2 aromatic carbocycles. The summed E-state index contributed by atoms with van der Waals surface area (Å²) in [5.41, 5.74) is 2.08. The van der Waals surface area contributed by atoms with Gasteiger partial charge in [-0.05, 0) is 68.7 Å². The number of aldehydes is 1. The Kier molecular flexibility index (Phi) is 8.46. The molecule has 1 heterocycles. The minimum Gasteiger partial charge on any atom is -0.506 e. The monoisotopic (exact) mass is 411 g/mol. The summed E-state index contributed by atoms with van der Waals surface area (Å²) in [6, 6.07) is 11.4. The maximum absolute atomic E-state index is 10.9. The Morgan fingerprint density at radius 2 is 1.87 bits per heavy atom. The highest BCUT2D eigenvalue weighted by Gasteiger charge is 2.11. The molecule has 8 nitrogen and oxygen atoms in total. The Bertz CT molecular complexity index is 971. The number of nitrogens with zero attached hydrogens (tertiary/aromatic N) is 1. The van der Waals surface area contributed by atoms with Gasteiger partial charge in [-0.25, -0.2) is 0 Å². The van der Waals surface area contributed by atoms with Crippen molar-refractivity contribution >= 4 is 24.4 Å². The third kappa shape index (κ3) is 6.11. The lowest BCUT2D eigenvalue weighted by Crippen LogP contribution is -2.09. The second-order valence-electron chi connectivity index (χ2n) is 6.28. The molecule has 3 aromatic rings. The molecule has 5 N–H and O–H groups in total. The van der Waals surface area contributed by atoms with Crippen molar-refractivity contribution in [1.82, 2.24) is 5.32 Å². The van der Waals surface area contributed by atoms with Crippen LogP contribution in [-0.4, -0.2) is 41.9 Å². The number of anilines is 1. The predicted molar refractivity (Wildman–Crippen MR) is 116 cm³/mol. The number of hydrogen-bond acceptors (Lipinski definition) is 8. The van der Waals surface area contributed by atoms with Gasteiger partial charge in [0.2, 0.25) is 0 Å². The van der Waals surface area contributed by atoms with Gasteiger partial charge in [-0.1, -0.05) is 6.07 Å². The van der Waals surface area contributed by atoms with Crippen molar-refractivity contribution in [3.05, 3.63) is 65.6 Å². The van der Waals surface area contributed by atoms with Gasteiger partial charge in [0.25, 0.3) is 0 Å². The van der Waals surface area contributed by atoms with E-state index in [1.807, 2.05) is 7.05 Å². The molecule has 0 spiro atoms. The van der Waals surface area contributed by atoms with Crippen molar-refractivity contribution in [3.63, 3.8) is 0 Å². The van der Waals surface area contributed by atoms with E-state index in [-0.39, 0.29) is 17.2 Å². The number of benzene rings is 2. The summed E-state index contributed by atoms with van der Waals surface area (Å²) in [4.78, 5) is 14.6. The van der Waals surface area contributed by atoms with Crippen LogP contribution in [0.4, 0.5) is 11.4 Å². The molecule has 0 atom stereocenters. The van der Waals surface area contributed by atoms with Crippen LogP contribution in [-0.2, 0) is 13.0 Å². The number of phenols is 3. The lowest BCUT2D eigenvalue weighted by atomic mass is 10.1. The van der Waals surface area contributed by atoms with Crippen molar-refractivity contribution in [3.8, 4) is 17.2 Å². The van der Waals surface area contributed by atoms with Gasteiger partial charge in [0.15, 0.2) is 17.8 Å².